The van der Waals surface area contributed by atoms with Gasteiger partial charge in [-0.15, -0.1) is 0 Å². The summed E-state index contributed by atoms with van der Waals surface area (Å²) >= 11 is 5.94. The molecule has 0 saturated carbocycles. The first-order valence-corrected chi connectivity index (χ1v) is 8.63. The quantitative estimate of drug-likeness (QED) is 0.783. The number of amides is 3. The number of carbonyl (C=O) groups excluding carboxylic acids is 2. The van der Waals surface area contributed by atoms with Crippen LogP contribution in [0.3, 0.4) is 0 Å². The highest BCUT2D eigenvalue weighted by Crippen LogP contribution is 2.33. The van der Waals surface area contributed by atoms with Gasteiger partial charge in [0.25, 0.3) is 5.91 Å². The second-order valence-electron chi connectivity index (χ2n) is 6.62. The molecule has 0 bridgehead atoms. The average Bonchev–Trinajstić information content (AvgIpc) is 3.26. The van der Waals surface area contributed by atoms with E-state index in [0.717, 1.165) is 18.7 Å². The normalized spacial score (nSPS) is 29.8. The second kappa shape index (κ2) is 5.93. The summed E-state index contributed by atoms with van der Waals surface area (Å²) in [6.45, 7) is 2.01. The number of hydrogen-bond acceptors (Lipinski definition) is 4. The lowest BCUT2D eigenvalue weighted by Crippen LogP contribution is -2.44. The molecule has 3 saturated heterocycles. The van der Waals surface area contributed by atoms with Crippen molar-refractivity contribution in [3.8, 4) is 0 Å². The first-order chi connectivity index (χ1) is 11.6. The number of hydrogen-bond donors (Lipinski definition) is 0. The van der Waals surface area contributed by atoms with Gasteiger partial charge in [0.1, 0.15) is 6.04 Å². The van der Waals surface area contributed by atoms with Gasteiger partial charge in [-0.3, -0.25) is 9.69 Å². The van der Waals surface area contributed by atoms with Gasteiger partial charge in [0.2, 0.25) is 0 Å². The lowest BCUT2D eigenvalue weighted by Gasteiger charge is -2.24. The van der Waals surface area contributed by atoms with Crippen LogP contribution in [0.2, 0.25) is 5.02 Å². The topological polar surface area (TPSA) is 53.1 Å². The number of rotatable bonds is 3. The first-order valence-electron chi connectivity index (χ1n) is 8.25. The fourth-order valence-electron chi connectivity index (χ4n) is 3.98. The summed E-state index contributed by atoms with van der Waals surface area (Å²) in [5.41, 5.74) is 1.07. The minimum absolute atomic E-state index is 0.0285. The molecular weight excluding hydrogens is 330 g/mol. The Hall–Kier alpha value is -1.79. The smallest absolute Gasteiger partial charge is 0.327 e. The maximum atomic E-state index is 12.7. The fourth-order valence-corrected chi connectivity index (χ4v) is 4.11. The zero-order chi connectivity index (χ0) is 16.8. The highest BCUT2D eigenvalue weighted by molar-refractivity contribution is 6.30. The van der Waals surface area contributed by atoms with Crippen LogP contribution in [-0.2, 0) is 9.53 Å². The number of halogens is 1. The fraction of sp³-hybridized carbons (Fsp3) is 0.529. The van der Waals surface area contributed by atoms with E-state index < -0.39 is 0 Å². The van der Waals surface area contributed by atoms with E-state index in [4.69, 9.17) is 16.3 Å². The molecule has 7 heteroatoms. The number of urea groups is 1. The van der Waals surface area contributed by atoms with Crippen LogP contribution in [0.15, 0.2) is 24.3 Å². The molecule has 3 atom stereocenters. The van der Waals surface area contributed by atoms with Crippen LogP contribution in [0.25, 0.3) is 0 Å². The van der Waals surface area contributed by atoms with Crippen LogP contribution >= 0.6 is 11.6 Å². The summed E-state index contributed by atoms with van der Waals surface area (Å²) in [6.07, 6.45) is 1.37. The van der Waals surface area contributed by atoms with Crippen LogP contribution in [0, 0.1) is 0 Å². The molecule has 0 aliphatic carbocycles. The zero-order valence-corrected chi connectivity index (χ0v) is 14.3. The lowest BCUT2D eigenvalue weighted by atomic mass is 10.1. The molecule has 0 spiro atoms. The molecule has 6 nitrogen and oxygen atoms in total. The molecule has 24 heavy (non-hydrogen) atoms. The van der Waals surface area contributed by atoms with Gasteiger partial charge in [-0.25, -0.2) is 4.79 Å². The van der Waals surface area contributed by atoms with Crippen molar-refractivity contribution in [2.45, 2.75) is 31.0 Å². The second-order valence-corrected chi connectivity index (χ2v) is 7.05. The minimum atomic E-state index is -0.341. The number of imide groups is 1. The Labute approximate surface area is 145 Å². The van der Waals surface area contributed by atoms with E-state index in [1.54, 1.807) is 12.0 Å². The highest BCUT2D eigenvalue weighted by Gasteiger charge is 2.53. The summed E-state index contributed by atoms with van der Waals surface area (Å²) < 4.78 is 5.31. The number of ether oxygens (including phenoxy) is 1. The Morgan fingerprint density at radius 2 is 1.92 bits per heavy atom. The summed E-state index contributed by atoms with van der Waals surface area (Å²) in [4.78, 5) is 30.7. The minimum Gasteiger partial charge on any atom is -0.380 e. The Morgan fingerprint density at radius 1 is 1.17 bits per heavy atom. The SMILES string of the molecule is COC1CC2C(=O)N(C3CCN(c4ccc(Cl)cc4)C3)C(=O)N2C1. The van der Waals surface area contributed by atoms with Gasteiger partial charge in [0.05, 0.1) is 12.1 Å². The third-order valence-electron chi connectivity index (χ3n) is 5.29. The van der Waals surface area contributed by atoms with Gasteiger partial charge in [-0.1, -0.05) is 11.6 Å². The number of anilines is 1. The molecule has 3 amide bonds. The van der Waals surface area contributed by atoms with Crippen LogP contribution < -0.4 is 4.90 Å². The van der Waals surface area contributed by atoms with Gasteiger partial charge in [-0.05, 0) is 30.7 Å². The highest BCUT2D eigenvalue weighted by atomic mass is 35.5. The molecule has 3 aliphatic heterocycles. The molecule has 0 radical (unpaired) electrons. The summed E-state index contributed by atoms with van der Waals surface area (Å²) in [7, 11) is 1.63. The molecule has 1 aromatic carbocycles. The van der Waals surface area contributed by atoms with E-state index in [-0.39, 0.29) is 30.1 Å². The Kier molecular flexibility index (Phi) is 3.89. The van der Waals surface area contributed by atoms with Crippen molar-refractivity contribution >= 4 is 29.2 Å². The van der Waals surface area contributed by atoms with E-state index >= 15 is 0 Å². The lowest BCUT2D eigenvalue weighted by molar-refractivity contribution is -0.129. The Bertz CT molecular complexity index is 642. The van der Waals surface area contributed by atoms with Gasteiger partial charge >= 0.3 is 6.03 Å². The Balaban J connectivity index is 1.47. The van der Waals surface area contributed by atoms with E-state index in [1.165, 1.54) is 4.90 Å². The van der Waals surface area contributed by atoms with Gasteiger partial charge < -0.3 is 14.5 Å². The monoisotopic (exact) mass is 349 g/mol. The summed E-state index contributed by atoms with van der Waals surface area (Å²) in [5.74, 6) is -0.0671. The molecule has 3 fully saturated rings. The molecule has 4 rings (SSSR count). The van der Waals surface area contributed by atoms with E-state index in [9.17, 15) is 9.59 Å². The van der Waals surface area contributed by atoms with E-state index in [0.29, 0.717) is 24.5 Å². The van der Waals surface area contributed by atoms with Crippen molar-refractivity contribution in [3.05, 3.63) is 29.3 Å². The molecule has 0 aromatic heterocycles. The number of methoxy groups -OCH3 is 1. The van der Waals surface area contributed by atoms with Crippen LogP contribution in [-0.4, -0.2) is 66.7 Å². The van der Waals surface area contributed by atoms with Crippen molar-refractivity contribution in [2.24, 2.45) is 0 Å². The zero-order valence-electron chi connectivity index (χ0n) is 13.5. The largest absolute Gasteiger partial charge is 0.380 e. The maximum Gasteiger partial charge on any atom is 0.327 e. The Morgan fingerprint density at radius 3 is 2.58 bits per heavy atom. The van der Waals surface area contributed by atoms with Crippen molar-refractivity contribution in [2.75, 3.05) is 31.6 Å². The number of nitrogens with zero attached hydrogens (tertiary/aromatic N) is 3. The predicted molar refractivity (Wildman–Crippen MR) is 90.2 cm³/mol. The standard InChI is InChI=1S/C17H20ClN3O3/c1-24-14-8-15-16(22)21(17(23)20(15)10-14)13-6-7-19(9-13)12-4-2-11(18)3-5-12/h2-5,13-15H,6-10H2,1H3. The van der Waals surface area contributed by atoms with Crippen LogP contribution in [0.4, 0.5) is 10.5 Å². The predicted octanol–water partition coefficient (Wildman–Crippen LogP) is 1.97. The number of carbonyl (C=O) groups is 2. The third kappa shape index (κ3) is 2.45. The summed E-state index contributed by atoms with van der Waals surface area (Å²) in [6, 6.07) is 7.10. The molecule has 128 valence electrons. The molecule has 3 unspecified atom stereocenters. The average molecular weight is 350 g/mol. The molecule has 3 heterocycles. The van der Waals surface area contributed by atoms with Gasteiger partial charge in [0.15, 0.2) is 0 Å². The molecule has 0 N–H and O–H groups in total. The van der Waals surface area contributed by atoms with E-state index in [1.807, 2.05) is 24.3 Å². The first kappa shape index (κ1) is 15.7. The van der Waals surface area contributed by atoms with Crippen molar-refractivity contribution in [1.82, 2.24) is 9.80 Å². The van der Waals surface area contributed by atoms with E-state index in [2.05, 4.69) is 4.90 Å². The maximum absolute atomic E-state index is 12.7. The number of benzene rings is 1. The molecule has 1 aromatic rings. The van der Waals surface area contributed by atoms with Crippen molar-refractivity contribution in [1.29, 1.82) is 0 Å². The third-order valence-corrected chi connectivity index (χ3v) is 5.54. The summed E-state index contributed by atoms with van der Waals surface area (Å²) in [5, 5.41) is 0.702. The van der Waals surface area contributed by atoms with Crippen molar-refractivity contribution in [3.63, 3.8) is 0 Å². The molecular formula is C17H20ClN3O3. The number of fused-ring (bicyclic) bond motifs is 1. The van der Waals surface area contributed by atoms with Gasteiger partial charge in [0, 0.05) is 43.9 Å². The van der Waals surface area contributed by atoms with Crippen LogP contribution in [0.5, 0.6) is 0 Å². The van der Waals surface area contributed by atoms with Crippen LogP contribution in [0.1, 0.15) is 12.8 Å². The molecule has 3 aliphatic rings. The van der Waals surface area contributed by atoms with Gasteiger partial charge in [-0.2, -0.15) is 0 Å². The van der Waals surface area contributed by atoms with Crippen molar-refractivity contribution < 1.29 is 14.3 Å².